The highest BCUT2D eigenvalue weighted by Crippen LogP contribution is 2.38. The summed E-state index contributed by atoms with van der Waals surface area (Å²) in [6.07, 6.45) is 2.62. The number of esters is 1. The van der Waals surface area contributed by atoms with Crippen molar-refractivity contribution in [2.24, 2.45) is 4.99 Å². The molecule has 2 atom stereocenters. The molecule has 0 spiro atoms. The van der Waals surface area contributed by atoms with Crippen molar-refractivity contribution in [3.8, 4) is 5.75 Å². The topological polar surface area (TPSA) is 57.1 Å². The Morgan fingerprint density at radius 3 is 2.36 bits per heavy atom. The molecule has 0 N–H and O–H groups in total. The molecule has 0 radical (unpaired) electrons. The van der Waals surface area contributed by atoms with E-state index in [4.69, 9.17) is 18.9 Å². The molecule has 0 amide bonds. The molecule has 178 valence electrons. The van der Waals surface area contributed by atoms with Gasteiger partial charge in [-0.05, 0) is 60.8 Å². The van der Waals surface area contributed by atoms with Crippen LogP contribution in [0, 0.1) is 0 Å². The molecule has 5 nitrogen and oxygen atoms in total. The number of ether oxygens (including phenoxy) is 2. The molecule has 0 unspecified atom stereocenters. The van der Waals surface area contributed by atoms with E-state index in [0.717, 1.165) is 30.6 Å². The number of hydrogen-bond acceptors (Lipinski definition) is 5. The number of carbonyl (C=O) groups excluding carboxylic acids is 1. The number of carbonyl (C=O) groups is 1. The number of rotatable bonds is 9. The number of nitrogens with zero attached hydrogens (tertiary/aromatic N) is 1. The highest BCUT2D eigenvalue weighted by atomic mass is 28.4. The van der Waals surface area contributed by atoms with Gasteiger partial charge in [-0.1, -0.05) is 51.1 Å². The number of para-hydroxylation sites is 1. The molecule has 6 heteroatoms. The van der Waals surface area contributed by atoms with E-state index in [1.165, 1.54) is 12.8 Å². The Hall–Kier alpha value is -2.44. The Labute approximate surface area is 199 Å². The zero-order valence-corrected chi connectivity index (χ0v) is 21.8. The van der Waals surface area contributed by atoms with Gasteiger partial charge in [0.15, 0.2) is 8.32 Å². The monoisotopic (exact) mass is 467 g/mol. The molecule has 0 bridgehead atoms. The largest absolute Gasteiger partial charge is 0.491 e. The number of methoxy groups -OCH3 is 1. The molecular formula is C27H37NO4Si. The second-order valence-electron chi connectivity index (χ2n) is 10.2. The van der Waals surface area contributed by atoms with Crippen molar-refractivity contribution in [1.29, 1.82) is 0 Å². The van der Waals surface area contributed by atoms with E-state index >= 15 is 0 Å². The molecule has 1 heterocycles. The molecule has 0 aliphatic carbocycles. The minimum atomic E-state index is -1.98. The van der Waals surface area contributed by atoms with Crippen LogP contribution in [0.1, 0.15) is 49.5 Å². The number of benzene rings is 2. The zero-order chi connectivity index (χ0) is 24.1. The van der Waals surface area contributed by atoms with Gasteiger partial charge in [0.2, 0.25) is 0 Å². The molecule has 1 aliphatic rings. The fourth-order valence-corrected chi connectivity index (χ4v) is 5.00. The second-order valence-corrected chi connectivity index (χ2v) is 15.0. The fourth-order valence-electron chi connectivity index (χ4n) is 3.67. The van der Waals surface area contributed by atoms with Crippen LogP contribution in [0.3, 0.4) is 0 Å². The van der Waals surface area contributed by atoms with Crippen LogP contribution < -0.4 is 4.74 Å². The average molecular weight is 468 g/mol. The van der Waals surface area contributed by atoms with Crippen molar-refractivity contribution in [2.45, 2.75) is 70.3 Å². The lowest BCUT2D eigenvalue weighted by Gasteiger charge is -2.40. The van der Waals surface area contributed by atoms with Crippen molar-refractivity contribution in [3.05, 3.63) is 65.7 Å². The first-order valence-corrected chi connectivity index (χ1v) is 14.6. The van der Waals surface area contributed by atoms with Crippen LogP contribution in [-0.4, -0.2) is 45.9 Å². The van der Waals surface area contributed by atoms with Gasteiger partial charge in [0, 0.05) is 12.1 Å². The van der Waals surface area contributed by atoms with Crippen molar-refractivity contribution in [3.63, 3.8) is 0 Å². The van der Waals surface area contributed by atoms with E-state index in [1.54, 1.807) is 0 Å². The summed E-state index contributed by atoms with van der Waals surface area (Å²) in [6.45, 7) is 11.8. The van der Waals surface area contributed by atoms with Crippen molar-refractivity contribution in [1.82, 2.24) is 0 Å². The molecule has 2 aromatic rings. The third kappa shape index (κ3) is 6.78. The van der Waals surface area contributed by atoms with Gasteiger partial charge in [-0.25, -0.2) is 4.79 Å². The van der Waals surface area contributed by atoms with Crippen LogP contribution in [0.15, 0.2) is 59.6 Å². The lowest BCUT2D eigenvalue weighted by Crippen LogP contribution is -2.48. The lowest BCUT2D eigenvalue weighted by molar-refractivity contribution is 0.0600. The Morgan fingerprint density at radius 1 is 1.09 bits per heavy atom. The summed E-state index contributed by atoms with van der Waals surface area (Å²) >= 11 is 0. The van der Waals surface area contributed by atoms with Gasteiger partial charge in [-0.15, -0.1) is 0 Å². The Balaban J connectivity index is 1.72. The summed E-state index contributed by atoms with van der Waals surface area (Å²) in [6, 6.07) is 17.6. The Kier molecular flexibility index (Phi) is 8.13. The number of hydrogen-bond donors (Lipinski definition) is 0. The lowest BCUT2D eigenvalue weighted by atomic mass is 10.0. The van der Waals surface area contributed by atoms with Gasteiger partial charge < -0.3 is 13.9 Å². The van der Waals surface area contributed by atoms with Crippen LogP contribution in [-0.2, 0) is 15.6 Å². The van der Waals surface area contributed by atoms with Crippen LogP contribution in [0.25, 0.3) is 0 Å². The van der Waals surface area contributed by atoms with Gasteiger partial charge in [-0.3, -0.25) is 4.99 Å². The summed E-state index contributed by atoms with van der Waals surface area (Å²) in [7, 11) is -0.587. The van der Waals surface area contributed by atoms with Gasteiger partial charge in [0.1, 0.15) is 18.5 Å². The van der Waals surface area contributed by atoms with Crippen LogP contribution in [0.2, 0.25) is 18.1 Å². The first-order valence-electron chi connectivity index (χ1n) is 11.7. The van der Waals surface area contributed by atoms with Crippen molar-refractivity contribution < 1.29 is 18.7 Å². The standard InChI is InChI=1S/C27H37NO4Si/c1-27(2,3)33(5,6)32-25(19-31-23-10-8-7-9-11-23)24-17-16-22(28-24)18-20-12-14-21(15-13-20)26(29)30-4/h7-15,24-25H,16-19H2,1-6H3/t24-,25-/m1/s1. The maximum absolute atomic E-state index is 11.7. The predicted molar refractivity (Wildman–Crippen MR) is 136 cm³/mol. The normalized spacial score (nSPS) is 17.4. The molecule has 33 heavy (non-hydrogen) atoms. The van der Waals surface area contributed by atoms with E-state index in [0.29, 0.717) is 12.2 Å². The molecule has 2 aromatic carbocycles. The van der Waals surface area contributed by atoms with Crippen molar-refractivity contribution >= 4 is 20.0 Å². The molecule has 0 fully saturated rings. The van der Waals surface area contributed by atoms with E-state index in [9.17, 15) is 4.79 Å². The molecule has 0 saturated heterocycles. The first kappa shape index (κ1) is 25.2. The van der Waals surface area contributed by atoms with E-state index in [-0.39, 0.29) is 23.2 Å². The fraction of sp³-hybridized carbons (Fsp3) is 0.481. The van der Waals surface area contributed by atoms with Gasteiger partial charge in [0.25, 0.3) is 0 Å². The van der Waals surface area contributed by atoms with E-state index < -0.39 is 8.32 Å². The first-order chi connectivity index (χ1) is 15.6. The number of aliphatic imine (C=N–C) groups is 1. The van der Waals surface area contributed by atoms with E-state index in [1.807, 2.05) is 54.6 Å². The maximum Gasteiger partial charge on any atom is 0.337 e. The molecule has 0 saturated carbocycles. The summed E-state index contributed by atoms with van der Waals surface area (Å²) < 4.78 is 17.7. The molecule has 0 aromatic heterocycles. The van der Waals surface area contributed by atoms with Crippen LogP contribution >= 0.6 is 0 Å². The van der Waals surface area contributed by atoms with Gasteiger partial charge in [0.05, 0.1) is 18.7 Å². The molecular weight excluding hydrogens is 430 g/mol. The van der Waals surface area contributed by atoms with Crippen LogP contribution in [0.4, 0.5) is 0 Å². The summed E-state index contributed by atoms with van der Waals surface area (Å²) in [4.78, 5) is 16.7. The van der Waals surface area contributed by atoms with E-state index in [2.05, 4.69) is 33.9 Å². The third-order valence-corrected chi connectivity index (χ3v) is 11.2. The summed E-state index contributed by atoms with van der Waals surface area (Å²) in [5.74, 6) is 0.540. The highest BCUT2D eigenvalue weighted by molar-refractivity contribution is 6.74. The maximum atomic E-state index is 11.7. The van der Waals surface area contributed by atoms with Gasteiger partial charge in [-0.2, -0.15) is 0 Å². The molecule has 1 aliphatic heterocycles. The smallest absolute Gasteiger partial charge is 0.337 e. The predicted octanol–water partition coefficient (Wildman–Crippen LogP) is 6.09. The average Bonchev–Trinajstić information content (AvgIpc) is 3.25. The van der Waals surface area contributed by atoms with Crippen molar-refractivity contribution in [2.75, 3.05) is 13.7 Å². The van der Waals surface area contributed by atoms with Crippen LogP contribution in [0.5, 0.6) is 5.75 Å². The second kappa shape index (κ2) is 10.7. The minimum Gasteiger partial charge on any atom is -0.491 e. The zero-order valence-electron chi connectivity index (χ0n) is 20.8. The summed E-state index contributed by atoms with van der Waals surface area (Å²) in [5, 5.41) is 0.116. The SMILES string of the molecule is COC(=O)c1ccc(CC2=N[C@@H]([C@@H](COc3ccccc3)O[Si](C)(C)C(C)(C)C)CC2)cc1. The molecule has 3 rings (SSSR count). The van der Waals surface area contributed by atoms with Gasteiger partial charge >= 0.3 is 5.97 Å². The third-order valence-electron chi connectivity index (χ3n) is 6.70. The highest BCUT2D eigenvalue weighted by Gasteiger charge is 2.41. The minimum absolute atomic E-state index is 0.0784. The Morgan fingerprint density at radius 2 is 1.76 bits per heavy atom. The Bertz CT molecular complexity index is 948. The summed E-state index contributed by atoms with van der Waals surface area (Å²) in [5.41, 5.74) is 2.88. The quantitative estimate of drug-likeness (QED) is 0.331.